The van der Waals surface area contributed by atoms with Gasteiger partial charge in [0.05, 0.1) is 0 Å². The molecule has 18 heavy (non-hydrogen) atoms. The molecule has 5 heteroatoms. The van der Waals surface area contributed by atoms with E-state index >= 15 is 0 Å². The molecular formula is C13H15BrN2O2. The topological polar surface area (TPSA) is 68.3 Å². The lowest BCUT2D eigenvalue weighted by Gasteiger charge is -2.08. The quantitative estimate of drug-likeness (QED) is 0.911. The molecule has 0 spiro atoms. The van der Waals surface area contributed by atoms with Gasteiger partial charge >= 0.3 is 0 Å². The maximum Gasteiger partial charge on any atom is 0.287 e. The zero-order valence-corrected chi connectivity index (χ0v) is 11.7. The Hall–Kier alpha value is -1.33. The van der Waals surface area contributed by atoms with Crippen molar-refractivity contribution in [1.29, 1.82) is 0 Å². The fourth-order valence-corrected chi connectivity index (χ4v) is 1.94. The summed E-state index contributed by atoms with van der Waals surface area (Å²) < 4.78 is 6.44. The second kappa shape index (κ2) is 5.54. The van der Waals surface area contributed by atoms with Crippen LogP contribution in [0.25, 0.3) is 11.0 Å². The minimum atomic E-state index is -0.206. The van der Waals surface area contributed by atoms with Gasteiger partial charge in [-0.05, 0) is 36.7 Å². The van der Waals surface area contributed by atoms with Gasteiger partial charge in [0, 0.05) is 16.4 Å². The van der Waals surface area contributed by atoms with Gasteiger partial charge in [0.2, 0.25) is 0 Å². The summed E-state index contributed by atoms with van der Waals surface area (Å²) in [5.41, 5.74) is 6.20. The van der Waals surface area contributed by atoms with E-state index in [1.807, 2.05) is 25.1 Å². The summed E-state index contributed by atoms with van der Waals surface area (Å²) in [6.07, 6.45) is 0. The van der Waals surface area contributed by atoms with Crippen LogP contribution in [0.1, 0.15) is 17.5 Å². The number of benzene rings is 1. The van der Waals surface area contributed by atoms with Gasteiger partial charge in [-0.1, -0.05) is 22.9 Å². The number of hydrogen-bond donors (Lipinski definition) is 2. The van der Waals surface area contributed by atoms with Gasteiger partial charge < -0.3 is 15.5 Å². The largest absolute Gasteiger partial charge is 0.451 e. The molecule has 0 saturated carbocycles. The van der Waals surface area contributed by atoms with E-state index in [4.69, 9.17) is 10.2 Å². The molecule has 2 aromatic rings. The van der Waals surface area contributed by atoms with Crippen molar-refractivity contribution in [2.45, 2.75) is 6.92 Å². The van der Waals surface area contributed by atoms with Crippen molar-refractivity contribution in [3.8, 4) is 0 Å². The fourth-order valence-electron chi connectivity index (χ4n) is 1.56. The summed E-state index contributed by atoms with van der Waals surface area (Å²) in [6, 6.07) is 7.36. The molecule has 1 aromatic heterocycles. The molecule has 0 aliphatic rings. The van der Waals surface area contributed by atoms with E-state index < -0.39 is 0 Å². The molecule has 0 aliphatic carbocycles. The standard InChI is InChI=1S/C13H15BrN2O2/c1-8(6-15)7-16-13(17)12-5-9-4-10(14)2-3-11(9)18-12/h2-5,8H,6-7,15H2,1H3,(H,16,17). The van der Waals surface area contributed by atoms with Crippen molar-refractivity contribution >= 4 is 32.8 Å². The minimum Gasteiger partial charge on any atom is -0.451 e. The third-order valence-electron chi connectivity index (χ3n) is 2.72. The summed E-state index contributed by atoms with van der Waals surface area (Å²) in [4.78, 5) is 11.9. The predicted octanol–water partition coefficient (Wildman–Crippen LogP) is 2.52. The Morgan fingerprint density at radius 2 is 2.28 bits per heavy atom. The molecule has 0 fully saturated rings. The summed E-state index contributed by atoms with van der Waals surface area (Å²) in [7, 11) is 0. The van der Waals surface area contributed by atoms with E-state index in [2.05, 4.69) is 21.2 Å². The van der Waals surface area contributed by atoms with Crippen molar-refractivity contribution in [2.24, 2.45) is 11.7 Å². The molecule has 0 aliphatic heterocycles. The van der Waals surface area contributed by atoms with Gasteiger partial charge in [-0.3, -0.25) is 4.79 Å². The molecule has 96 valence electrons. The van der Waals surface area contributed by atoms with Crippen LogP contribution in [0.4, 0.5) is 0 Å². The molecule has 1 atom stereocenters. The van der Waals surface area contributed by atoms with Crippen LogP contribution < -0.4 is 11.1 Å². The average molecular weight is 311 g/mol. The molecular weight excluding hydrogens is 296 g/mol. The minimum absolute atomic E-state index is 0.206. The second-order valence-electron chi connectivity index (χ2n) is 4.34. The summed E-state index contributed by atoms with van der Waals surface area (Å²) in [5.74, 6) is 0.377. The molecule has 1 amide bonds. The molecule has 3 N–H and O–H groups in total. The zero-order valence-electron chi connectivity index (χ0n) is 10.1. The van der Waals surface area contributed by atoms with Crippen molar-refractivity contribution in [1.82, 2.24) is 5.32 Å². The van der Waals surface area contributed by atoms with E-state index in [1.165, 1.54) is 0 Å². The molecule has 4 nitrogen and oxygen atoms in total. The molecule has 1 heterocycles. The van der Waals surface area contributed by atoms with Crippen LogP contribution in [-0.2, 0) is 0 Å². The van der Waals surface area contributed by atoms with Crippen molar-refractivity contribution in [2.75, 3.05) is 13.1 Å². The van der Waals surface area contributed by atoms with Crippen LogP contribution in [0.5, 0.6) is 0 Å². The molecule has 0 saturated heterocycles. The van der Waals surface area contributed by atoms with Crippen LogP contribution in [0.2, 0.25) is 0 Å². The number of rotatable bonds is 4. The Kier molecular flexibility index (Phi) is 4.04. The van der Waals surface area contributed by atoms with E-state index in [-0.39, 0.29) is 11.8 Å². The Balaban J connectivity index is 2.13. The number of amides is 1. The van der Waals surface area contributed by atoms with Gasteiger partial charge in [-0.25, -0.2) is 0 Å². The molecule has 0 bridgehead atoms. The highest BCUT2D eigenvalue weighted by molar-refractivity contribution is 9.10. The maximum atomic E-state index is 11.9. The second-order valence-corrected chi connectivity index (χ2v) is 5.26. The highest BCUT2D eigenvalue weighted by Gasteiger charge is 2.12. The highest BCUT2D eigenvalue weighted by atomic mass is 79.9. The number of halogens is 1. The fraction of sp³-hybridized carbons (Fsp3) is 0.308. The lowest BCUT2D eigenvalue weighted by Crippen LogP contribution is -2.30. The zero-order chi connectivity index (χ0) is 13.1. The number of nitrogens with one attached hydrogen (secondary N) is 1. The third kappa shape index (κ3) is 2.91. The van der Waals surface area contributed by atoms with Crippen molar-refractivity contribution in [3.63, 3.8) is 0 Å². The summed E-state index contributed by atoms with van der Waals surface area (Å²) >= 11 is 3.38. The van der Waals surface area contributed by atoms with Gasteiger partial charge in [-0.15, -0.1) is 0 Å². The van der Waals surface area contributed by atoms with E-state index in [9.17, 15) is 4.79 Å². The lowest BCUT2D eigenvalue weighted by atomic mass is 10.2. The van der Waals surface area contributed by atoms with Crippen LogP contribution in [0.3, 0.4) is 0 Å². The first-order chi connectivity index (χ1) is 8.60. The normalized spacial score (nSPS) is 12.6. The van der Waals surface area contributed by atoms with Gasteiger partial charge in [0.1, 0.15) is 5.58 Å². The Bertz CT molecular complexity index is 565. The number of carbonyl (C=O) groups excluding carboxylic acids is 1. The molecule has 0 radical (unpaired) electrons. The molecule has 2 rings (SSSR count). The van der Waals surface area contributed by atoms with Crippen LogP contribution >= 0.6 is 15.9 Å². The Morgan fingerprint density at radius 3 is 3.00 bits per heavy atom. The lowest BCUT2D eigenvalue weighted by molar-refractivity contribution is 0.0923. The van der Waals surface area contributed by atoms with Crippen molar-refractivity contribution < 1.29 is 9.21 Å². The number of nitrogens with two attached hydrogens (primary N) is 1. The first kappa shape index (κ1) is 13.1. The Labute approximate surface area is 114 Å². The van der Waals surface area contributed by atoms with E-state index in [1.54, 1.807) is 6.07 Å². The van der Waals surface area contributed by atoms with Crippen LogP contribution in [-0.4, -0.2) is 19.0 Å². The monoisotopic (exact) mass is 310 g/mol. The number of fused-ring (bicyclic) bond motifs is 1. The van der Waals surface area contributed by atoms with E-state index in [0.29, 0.717) is 24.4 Å². The Morgan fingerprint density at radius 1 is 1.50 bits per heavy atom. The van der Waals surface area contributed by atoms with Gasteiger partial charge in [-0.2, -0.15) is 0 Å². The first-order valence-corrected chi connectivity index (χ1v) is 6.57. The maximum absolute atomic E-state index is 11.9. The molecule has 1 aromatic carbocycles. The van der Waals surface area contributed by atoms with Gasteiger partial charge in [0.15, 0.2) is 5.76 Å². The average Bonchev–Trinajstić information content (AvgIpc) is 2.78. The SMILES string of the molecule is CC(CN)CNC(=O)c1cc2cc(Br)ccc2o1. The third-order valence-corrected chi connectivity index (χ3v) is 3.21. The summed E-state index contributed by atoms with van der Waals surface area (Å²) in [5, 5.41) is 3.70. The smallest absolute Gasteiger partial charge is 0.287 e. The number of hydrogen-bond acceptors (Lipinski definition) is 3. The highest BCUT2D eigenvalue weighted by Crippen LogP contribution is 2.23. The van der Waals surface area contributed by atoms with Crippen molar-refractivity contribution in [3.05, 3.63) is 34.5 Å². The van der Waals surface area contributed by atoms with Crippen LogP contribution in [0.15, 0.2) is 33.2 Å². The summed E-state index contributed by atoms with van der Waals surface area (Å²) in [6.45, 7) is 3.08. The number of furan rings is 1. The molecule has 1 unspecified atom stereocenters. The number of carbonyl (C=O) groups is 1. The first-order valence-electron chi connectivity index (χ1n) is 5.77. The van der Waals surface area contributed by atoms with Gasteiger partial charge in [0.25, 0.3) is 5.91 Å². The van der Waals surface area contributed by atoms with Crippen LogP contribution in [0, 0.1) is 5.92 Å². The predicted molar refractivity (Wildman–Crippen MR) is 74.5 cm³/mol. The van der Waals surface area contributed by atoms with E-state index in [0.717, 1.165) is 9.86 Å².